The summed E-state index contributed by atoms with van der Waals surface area (Å²) in [5.41, 5.74) is 0.439. The van der Waals surface area contributed by atoms with Crippen LogP contribution in [0.4, 0.5) is 5.69 Å². The lowest BCUT2D eigenvalue weighted by atomic mass is 10.3. The van der Waals surface area contributed by atoms with Crippen LogP contribution in [0, 0.1) is 0 Å². The van der Waals surface area contributed by atoms with Gasteiger partial charge in [0.25, 0.3) is 0 Å². The van der Waals surface area contributed by atoms with E-state index in [0.717, 1.165) is 23.5 Å². The summed E-state index contributed by atoms with van der Waals surface area (Å²) < 4.78 is 30.5. The van der Waals surface area contributed by atoms with E-state index in [0.29, 0.717) is 24.6 Å². The van der Waals surface area contributed by atoms with Gasteiger partial charge in [-0.2, -0.15) is 0 Å². The molecule has 7 nitrogen and oxygen atoms in total. The zero-order chi connectivity index (χ0) is 18.2. The van der Waals surface area contributed by atoms with Crippen LogP contribution in [0.2, 0.25) is 0 Å². The van der Waals surface area contributed by atoms with E-state index in [2.05, 4.69) is 5.32 Å². The average molecular weight is 358 g/mol. The van der Waals surface area contributed by atoms with Crippen LogP contribution in [0.1, 0.15) is 13.3 Å². The van der Waals surface area contributed by atoms with Crippen molar-refractivity contribution in [3.8, 4) is 5.75 Å². The maximum Gasteiger partial charge on any atom is 0.240 e. The molecule has 0 unspecified atom stereocenters. The smallest absolute Gasteiger partial charge is 0.240 e. The van der Waals surface area contributed by atoms with Crippen molar-refractivity contribution in [2.75, 3.05) is 50.9 Å². The van der Waals surface area contributed by atoms with E-state index in [1.165, 1.54) is 4.90 Å². The van der Waals surface area contributed by atoms with Crippen molar-refractivity contribution in [2.45, 2.75) is 13.3 Å². The molecule has 0 radical (unpaired) electrons. The average Bonchev–Trinajstić information content (AvgIpc) is 2.49. The maximum atomic E-state index is 12.0. The molecule has 0 aliphatic rings. The first-order valence-corrected chi connectivity index (χ1v) is 9.85. The van der Waals surface area contributed by atoms with Crippen molar-refractivity contribution < 1.29 is 22.8 Å². The topological polar surface area (TPSA) is 80.2 Å². The Balaban J connectivity index is 2.71. The highest BCUT2D eigenvalue weighted by Crippen LogP contribution is 2.21. The Morgan fingerprint density at radius 2 is 1.88 bits per heavy atom. The van der Waals surface area contributed by atoms with Gasteiger partial charge in [-0.3, -0.25) is 9.10 Å². The summed E-state index contributed by atoms with van der Waals surface area (Å²) in [4.78, 5) is 13.3. The number of benzene rings is 1. The van der Waals surface area contributed by atoms with Gasteiger partial charge in [-0.25, -0.2) is 8.42 Å². The van der Waals surface area contributed by atoms with E-state index in [-0.39, 0.29) is 12.5 Å². The van der Waals surface area contributed by atoms with Gasteiger partial charge in [0.15, 0.2) is 0 Å². The standard InChI is InChI=1S/C16H27N3O4S/c1-5-23-15-9-7-14(8-10-15)19(24(4,21)22)13-16(20)17-11-6-12-18(2)3/h7-10H,5-6,11-13H2,1-4H3,(H,17,20)/p+1. The number of amides is 1. The Bertz CT molecular complexity index is 615. The molecule has 0 spiro atoms. The molecule has 0 saturated carbocycles. The van der Waals surface area contributed by atoms with Crippen molar-refractivity contribution >= 4 is 21.6 Å². The molecule has 0 aromatic heterocycles. The summed E-state index contributed by atoms with van der Waals surface area (Å²) in [6.45, 7) is 3.65. The first kappa shape index (κ1) is 20.2. The SMILES string of the molecule is CCOc1ccc(N(CC(=O)NCCC[NH+](C)C)S(C)(=O)=O)cc1. The number of ether oxygens (including phenoxy) is 1. The number of carbonyl (C=O) groups is 1. The van der Waals surface area contributed by atoms with Crippen LogP contribution < -0.4 is 19.3 Å². The Kier molecular flexibility index (Phi) is 8.00. The molecule has 2 N–H and O–H groups in total. The molecule has 0 atom stereocenters. The highest BCUT2D eigenvalue weighted by Gasteiger charge is 2.20. The molecule has 0 aliphatic heterocycles. The number of hydrogen-bond acceptors (Lipinski definition) is 4. The van der Waals surface area contributed by atoms with Crippen LogP contribution in [-0.2, 0) is 14.8 Å². The fourth-order valence-electron chi connectivity index (χ4n) is 2.13. The van der Waals surface area contributed by atoms with Gasteiger partial charge >= 0.3 is 0 Å². The minimum absolute atomic E-state index is 0.234. The third-order valence-corrected chi connectivity index (χ3v) is 4.44. The molecule has 0 fully saturated rings. The lowest BCUT2D eigenvalue weighted by Gasteiger charge is -2.22. The highest BCUT2D eigenvalue weighted by molar-refractivity contribution is 7.92. The molecule has 1 aromatic rings. The Morgan fingerprint density at radius 3 is 2.38 bits per heavy atom. The summed E-state index contributed by atoms with van der Waals surface area (Å²) in [6.07, 6.45) is 1.93. The monoisotopic (exact) mass is 358 g/mol. The Hall–Kier alpha value is -1.80. The van der Waals surface area contributed by atoms with Gasteiger partial charge < -0.3 is 15.0 Å². The minimum Gasteiger partial charge on any atom is -0.494 e. The van der Waals surface area contributed by atoms with Crippen LogP contribution in [0.15, 0.2) is 24.3 Å². The molecule has 1 amide bonds. The fourth-order valence-corrected chi connectivity index (χ4v) is 2.99. The van der Waals surface area contributed by atoms with Gasteiger partial charge in [-0.15, -0.1) is 0 Å². The van der Waals surface area contributed by atoms with Crippen LogP contribution in [0.5, 0.6) is 5.75 Å². The van der Waals surface area contributed by atoms with Crippen LogP contribution in [-0.4, -0.2) is 60.9 Å². The van der Waals surface area contributed by atoms with Gasteiger partial charge in [0.05, 0.1) is 39.2 Å². The summed E-state index contributed by atoms with van der Waals surface area (Å²) in [5.74, 6) is 0.341. The first-order valence-electron chi connectivity index (χ1n) is 8.00. The van der Waals surface area contributed by atoms with E-state index in [1.807, 2.05) is 21.0 Å². The largest absolute Gasteiger partial charge is 0.494 e. The lowest BCUT2D eigenvalue weighted by molar-refractivity contribution is -0.858. The predicted molar refractivity (Wildman–Crippen MR) is 95.1 cm³/mol. The highest BCUT2D eigenvalue weighted by atomic mass is 32.2. The minimum atomic E-state index is -3.55. The second-order valence-electron chi connectivity index (χ2n) is 5.86. The van der Waals surface area contributed by atoms with E-state index < -0.39 is 10.0 Å². The fraction of sp³-hybridized carbons (Fsp3) is 0.562. The number of sulfonamides is 1. The maximum absolute atomic E-state index is 12.0. The van der Waals surface area contributed by atoms with E-state index >= 15 is 0 Å². The van der Waals surface area contributed by atoms with Gasteiger partial charge in [0.1, 0.15) is 12.3 Å². The third kappa shape index (κ3) is 7.18. The molecule has 0 heterocycles. The number of carbonyl (C=O) groups excluding carboxylic acids is 1. The number of anilines is 1. The van der Waals surface area contributed by atoms with Crippen LogP contribution in [0.25, 0.3) is 0 Å². The molecule has 136 valence electrons. The van der Waals surface area contributed by atoms with Crippen LogP contribution in [0.3, 0.4) is 0 Å². The predicted octanol–water partition coefficient (Wildman–Crippen LogP) is -0.498. The van der Waals surface area contributed by atoms with Crippen molar-refractivity contribution in [2.24, 2.45) is 0 Å². The number of hydrogen-bond donors (Lipinski definition) is 2. The van der Waals surface area contributed by atoms with Crippen molar-refractivity contribution in [1.29, 1.82) is 0 Å². The number of quaternary nitrogens is 1. The summed E-state index contributed by atoms with van der Waals surface area (Å²) in [6, 6.07) is 6.65. The lowest BCUT2D eigenvalue weighted by Crippen LogP contribution is -3.05. The molecule has 0 saturated heterocycles. The molecule has 1 rings (SSSR count). The molecule has 1 aromatic carbocycles. The second-order valence-corrected chi connectivity index (χ2v) is 7.76. The van der Waals surface area contributed by atoms with Gasteiger partial charge in [-0.05, 0) is 31.2 Å². The molecule has 8 heteroatoms. The summed E-state index contributed by atoms with van der Waals surface area (Å²) >= 11 is 0. The van der Waals surface area contributed by atoms with E-state index in [4.69, 9.17) is 4.74 Å². The third-order valence-electron chi connectivity index (χ3n) is 3.30. The van der Waals surface area contributed by atoms with Gasteiger partial charge in [0.2, 0.25) is 15.9 Å². The van der Waals surface area contributed by atoms with Gasteiger partial charge in [0, 0.05) is 13.0 Å². The van der Waals surface area contributed by atoms with E-state index in [1.54, 1.807) is 24.3 Å². The molecule has 24 heavy (non-hydrogen) atoms. The first-order chi connectivity index (χ1) is 11.2. The summed E-state index contributed by atoms with van der Waals surface area (Å²) in [7, 11) is 0.527. The zero-order valence-electron chi connectivity index (χ0n) is 14.8. The number of nitrogens with one attached hydrogen (secondary N) is 2. The number of rotatable bonds is 10. The van der Waals surface area contributed by atoms with Gasteiger partial charge in [-0.1, -0.05) is 0 Å². The summed E-state index contributed by atoms with van der Waals surface area (Å²) in [5, 5.41) is 2.76. The quantitative estimate of drug-likeness (QED) is 0.553. The van der Waals surface area contributed by atoms with Crippen molar-refractivity contribution in [1.82, 2.24) is 5.32 Å². The molecular weight excluding hydrogens is 330 g/mol. The number of nitrogens with zero attached hydrogens (tertiary/aromatic N) is 1. The van der Waals surface area contributed by atoms with Crippen molar-refractivity contribution in [3.63, 3.8) is 0 Å². The van der Waals surface area contributed by atoms with E-state index in [9.17, 15) is 13.2 Å². The van der Waals surface area contributed by atoms with Crippen LogP contribution >= 0.6 is 0 Å². The Morgan fingerprint density at radius 1 is 1.25 bits per heavy atom. The molecule has 0 aliphatic carbocycles. The second kappa shape index (κ2) is 9.48. The van der Waals surface area contributed by atoms with Crippen molar-refractivity contribution in [3.05, 3.63) is 24.3 Å². The molecule has 0 bridgehead atoms. The zero-order valence-corrected chi connectivity index (χ0v) is 15.6. The Labute approximate surface area is 144 Å². The molecular formula is C16H28N3O4S+. The normalized spacial score (nSPS) is 11.4.